The second-order valence-electron chi connectivity index (χ2n) is 4.38. The summed E-state index contributed by atoms with van der Waals surface area (Å²) in [4.78, 5) is 4.71. The van der Waals surface area contributed by atoms with Crippen LogP contribution < -0.4 is 0 Å². The number of aryl methyl sites for hydroxylation is 2. The summed E-state index contributed by atoms with van der Waals surface area (Å²) in [6.45, 7) is 4.14. The maximum absolute atomic E-state index is 5.30. The van der Waals surface area contributed by atoms with E-state index in [4.69, 9.17) is 9.72 Å². The van der Waals surface area contributed by atoms with E-state index in [1.54, 1.807) is 7.11 Å². The molecule has 0 radical (unpaired) electrons. The maximum atomic E-state index is 5.30. The zero-order valence-electron chi connectivity index (χ0n) is 10.6. The smallest absolute Gasteiger partial charge is 0.112 e. The van der Waals surface area contributed by atoms with Crippen molar-refractivity contribution in [1.82, 2.24) is 9.55 Å². The van der Waals surface area contributed by atoms with Gasteiger partial charge in [0.1, 0.15) is 5.82 Å². The molecule has 1 aromatic heterocycles. The molecule has 0 saturated carbocycles. The molecule has 0 amide bonds. The van der Waals surface area contributed by atoms with E-state index in [1.165, 1.54) is 11.1 Å². The first-order valence-electron chi connectivity index (χ1n) is 5.67. The first-order valence-corrected chi connectivity index (χ1v) is 6.47. The predicted octanol–water partition coefficient (Wildman–Crippen LogP) is 3.22. The van der Waals surface area contributed by atoms with E-state index >= 15 is 0 Å². The highest BCUT2D eigenvalue weighted by molar-refractivity contribution is 9.10. The van der Waals surface area contributed by atoms with Gasteiger partial charge in [0.15, 0.2) is 0 Å². The van der Waals surface area contributed by atoms with Gasteiger partial charge in [-0.05, 0) is 31.5 Å². The van der Waals surface area contributed by atoms with Crippen LogP contribution in [-0.2, 0) is 18.2 Å². The Hall–Kier alpha value is -0.870. The molecule has 1 unspecified atom stereocenters. The van der Waals surface area contributed by atoms with Gasteiger partial charge in [-0.15, -0.1) is 0 Å². The first kappa shape index (κ1) is 12.6. The Morgan fingerprint density at radius 1 is 1.47 bits per heavy atom. The lowest BCUT2D eigenvalue weighted by atomic mass is 10.2. The number of fused-ring (bicyclic) bond motifs is 1. The molecule has 0 bridgehead atoms. The number of benzene rings is 1. The van der Waals surface area contributed by atoms with Crippen molar-refractivity contribution in [3.63, 3.8) is 0 Å². The zero-order chi connectivity index (χ0) is 12.6. The number of aromatic nitrogens is 2. The number of ether oxygens (including phenoxy) is 1. The van der Waals surface area contributed by atoms with Crippen LogP contribution >= 0.6 is 15.9 Å². The van der Waals surface area contributed by atoms with Gasteiger partial charge in [-0.2, -0.15) is 0 Å². The van der Waals surface area contributed by atoms with E-state index in [-0.39, 0.29) is 6.10 Å². The van der Waals surface area contributed by atoms with Crippen LogP contribution in [0.15, 0.2) is 16.6 Å². The molecule has 0 spiro atoms. The van der Waals surface area contributed by atoms with E-state index in [9.17, 15) is 0 Å². The van der Waals surface area contributed by atoms with Crippen molar-refractivity contribution < 1.29 is 4.74 Å². The van der Waals surface area contributed by atoms with Gasteiger partial charge in [-0.25, -0.2) is 4.98 Å². The fraction of sp³-hybridized carbons (Fsp3) is 0.462. The van der Waals surface area contributed by atoms with E-state index in [1.807, 2.05) is 0 Å². The van der Waals surface area contributed by atoms with Crippen LogP contribution in [0.3, 0.4) is 0 Å². The third-order valence-corrected chi connectivity index (χ3v) is 4.06. The lowest BCUT2D eigenvalue weighted by Gasteiger charge is -2.08. The van der Waals surface area contributed by atoms with E-state index in [0.717, 1.165) is 22.2 Å². The van der Waals surface area contributed by atoms with Crippen molar-refractivity contribution in [3.05, 3.63) is 28.0 Å². The summed E-state index contributed by atoms with van der Waals surface area (Å²) in [5.41, 5.74) is 3.43. The third-order valence-electron chi connectivity index (χ3n) is 3.21. The van der Waals surface area contributed by atoms with Crippen LogP contribution in [-0.4, -0.2) is 22.8 Å². The lowest BCUT2D eigenvalue weighted by molar-refractivity contribution is 0.116. The number of hydrogen-bond acceptors (Lipinski definition) is 2. The molecule has 0 aliphatic rings. The van der Waals surface area contributed by atoms with Gasteiger partial charge in [0, 0.05) is 25.1 Å². The Bertz CT molecular complexity index is 548. The highest BCUT2D eigenvalue weighted by atomic mass is 79.9. The van der Waals surface area contributed by atoms with Gasteiger partial charge in [0.25, 0.3) is 0 Å². The molecule has 2 aromatic rings. The fourth-order valence-electron chi connectivity index (χ4n) is 1.94. The lowest BCUT2D eigenvalue weighted by Crippen LogP contribution is -2.12. The van der Waals surface area contributed by atoms with Gasteiger partial charge >= 0.3 is 0 Å². The number of halogens is 1. The topological polar surface area (TPSA) is 27.1 Å². The van der Waals surface area contributed by atoms with Crippen molar-refractivity contribution in [2.45, 2.75) is 26.4 Å². The fourth-order valence-corrected chi connectivity index (χ4v) is 2.26. The van der Waals surface area contributed by atoms with E-state index < -0.39 is 0 Å². The van der Waals surface area contributed by atoms with Crippen molar-refractivity contribution in [3.8, 4) is 0 Å². The number of rotatable bonds is 3. The molecule has 1 heterocycles. The van der Waals surface area contributed by atoms with E-state index in [2.05, 4.69) is 53.5 Å². The molecular formula is C13H17BrN2O. The summed E-state index contributed by atoms with van der Waals surface area (Å²) < 4.78 is 8.55. The Kier molecular flexibility index (Phi) is 3.54. The minimum Gasteiger partial charge on any atom is -0.381 e. The minimum absolute atomic E-state index is 0.189. The monoisotopic (exact) mass is 296 g/mol. The van der Waals surface area contributed by atoms with Crippen LogP contribution in [0.2, 0.25) is 0 Å². The molecule has 2 rings (SSSR count). The van der Waals surface area contributed by atoms with Crippen molar-refractivity contribution in [1.29, 1.82) is 0 Å². The third kappa shape index (κ3) is 2.24. The molecule has 0 aliphatic heterocycles. The summed E-state index contributed by atoms with van der Waals surface area (Å²) in [6, 6.07) is 4.17. The average Bonchev–Trinajstić information content (AvgIpc) is 2.62. The second-order valence-corrected chi connectivity index (χ2v) is 5.23. The Morgan fingerprint density at radius 3 is 2.82 bits per heavy atom. The summed E-state index contributed by atoms with van der Waals surface area (Å²) >= 11 is 3.54. The predicted molar refractivity (Wildman–Crippen MR) is 73.3 cm³/mol. The molecule has 0 aliphatic carbocycles. The number of nitrogens with zero attached hydrogens (tertiary/aromatic N) is 2. The van der Waals surface area contributed by atoms with Crippen molar-refractivity contribution in [2.75, 3.05) is 7.11 Å². The van der Waals surface area contributed by atoms with Gasteiger partial charge in [-0.3, -0.25) is 0 Å². The molecule has 0 fully saturated rings. The molecule has 92 valence electrons. The molecule has 17 heavy (non-hydrogen) atoms. The molecule has 0 saturated heterocycles. The largest absolute Gasteiger partial charge is 0.381 e. The standard InChI is InChI=1S/C13H17BrN2O/c1-8(17-4)7-12-15-13-9(2)10(14)5-6-11(13)16(12)3/h5-6,8H,7H2,1-4H3. The first-order chi connectivity index (χ1) is 8.04. The van der Waals surface area contributed by atoms with Crippen molar-refractivity contribution in [2.24, 2.45) is 7.05 Å². The average molecular weight is 297 g/mol. The Labute approximate surface area is 110 Å². The minimum atomic E-state index is 0.189. The molecule has 1 atom stereocenters. The highest BCUT2D eigenvalue weighted by Crippen LogP contribution is 2.26. The van der Waals surface area contributed by atoms with Crippen LogP contribution in [0.5, 0.6) is 0 Å². The van der Waals surface area contributed by atoms with E-state index in [0.29, 0.717) is 0 Å². The van der Waals surface area contributed by atoms with Gasteiger partial charge in [0.05, 0.1) is 17.1 Å². The van der Waals surface area contributed by atoms with Gasteiger partial charge < -0.3 is 9.30 Å². The highest BCUT2D eigenvalue weighted by Gasteiger charge is 2.13. The quantitative estimate of drug-likeness (QED) is 0.869. The summed E-state index contributed by atoms with van der Waals surface area (Å²) in [5, 5.41) is 0. The number of methoxy groups -OCH3 is 1. The van der Waals surface area contributed by atoms with Crippen LogP contribution in [0, 0.1) is 6.92 Å². The van der Waals surface area contributed by atoms with Gasteiger partial charge in [-0.1, -0.05) is 15.9 Å². The molecule has 3 nitrogen and oxygen atoms in total. The number of hydrogen-bond donors (Lipinski definition) is 0. The normalized spacial score (nSPS) is 13.2. The van der Waals surface area contributed by atoms with Crippen LogP contribution in [0.25, 0.3) is 11.0 Å². The second kappa shape index (κ2) is 4.78. The van der Waals surface area contributed by atoms with Gasteiger partial charge in [0.2, 0.25) is 0 Å². The zero-order valence-corrected chi connectivity index (χ0v) is 12.2. The summed E-state index contributed by atoms with van der Waals surface area (Å²) in [5.74, 6) is 1.07. The summed E-state index contributed by atoms with van der Waals surface area (Å²) in [7, 11) is 3.79. The number of imidazole rings is 1. The SMILES string of the molecule is COC(C)Cc1nc2c(C)c(Br)ccc2n1C. The summed E-state index contributed by atoms with van der Waals surface area (Å²) in [6.07, 6.45) is 1.02. The van der Waals surface area contributed by atoms with Crippen LogP contribution in [0.1, 0.15) is 18.3 Å². The Morgan fingerprint density at radius 2 is 2.18 bits per heavy atom. The molecule has 1 aromatic carbocycles. The Balaban J connectivity index is 2.53. The molecular weight excluding hydrogens is 280 g/mol. The van der Waals surface area contributed by atoms with Crippen molar-refractivity contribution >= 4 is 27.0 Å². The molecule has 0 N–H and O–H groups in total. The maximum Gasteiger partial charge on any atom is 0.112 e. The molecule has 4 heteroatoms. The van der Waals surface area contributed by atoms with Crippen LogP contribution in [0.4, 0.5) is 0 Å².